The predicted molar refractivity (Wildman–Crippen MR) is 118 cm³/mol. The van der Waals surface area contributed by atoms with Crippen molar-refractivity contribution >= 4 is 28.9 Å². The Morgan fingerprint density at radius 2 is 1.74 bits per heavy atom. The van der Waals surface area contributed by atoms with Gasteiger partial charge in [0.05, 0.1) is 11.2 Å². The molecule has 162 valence electrons. The Hall–Kier alpha value is -2.50. The minimum Gasteiger partial charge on any atom is -0.478 e. The summed E-state index contributed by atoms with van der Waals surface area (Å²) < 4.78 is 20.5. The van der Waals surface area contributed by atoms with Crippen molar-refractivity contribution in [3.63, 3.8) is 0 Å². The first-order valence-electron chi connectivity index (χ1n) is 10.2. The van der Waals surface area contributed by atoms with Crippen molar-refractivity contribution in [2.45, 2.75) is 57.7 Å². The first kappa shape index (κ1) is 21.7. The Balaban J connectivity index is 2.02. The molecule has 2 aliphatic rings. The van der Waals surface area contributed by atoms with E-state index >= 15 is 0 Å². The molecular weight excluding hydrogens is 419 g/mol. The summed E-state index contributed by atoms with van der Waals surface area (Å²) in [4.78, 5) is 25.8. The SMILES string of the molecule is CC1(C)OC(C)(C)C(C(=O)O)=C(c2cc(-c3ccc(Cl)cc3F)ccc2C2CC2)C1=O. The molecule has 0 saturated heterocycles. The Morgan fingerprint density at radius 3 is 2.32 bits per heavy atom. The summed E-state index contributed by atoms with van der Waals surface area (Å²) in [5.74, 6) is -1.82. The van der Waals surface area contributed by atoms with Gasteiger partial charge in [-0.3, -0.25) is 4.79 Å². The van der Waals surface area contributed by atoms with Crippen molar-refractivity contribution in [3.05, 3.63) is 63.9 Å². The van der Waals surface area contributed by atoms with Gasteiger partial charge in [0.15, 0.2) is 5.78 Å². The number of halogens is 2. The van der Waals surface area contributed by atoms with Crippen LogP contribution < -0.4 is 0 Å². The highest BCUT2D eigenvalue weighted by Crippen LogP contribution is 2.48. The van der Waals surface area contributed by atoms with Crippen molar-refractivity contribution in [1.82, 2.24) is 0 Å². The Morgan fingerprint density at radius 1 is 1.06 bits per heavy atom. The topological polar surface area (TPSA) is 63.6 Å². The number of carboxylic acids is 1. The molecule has 1 heterocycles. The molecule has 6 heteroatoms. The summed E-state index contributed by atoms with van der Waals surface area (Å²) in [5.41, 5.74) is 0.0413. The van der Waals surface area contributed by atoms with Crippen LogP contribution >= 0.6 is 11.6 Å². The first-order chi connectivity index (χ1) is 14.4. The molecule has 1 aliphatic carbocycles. The fourth-order valence-electron chi connectivity index (χ4n) is 4.49. The van der Waals surface area contributed by atoms with Crippen LogP contribution in [0.1, 0.15) is 57.6 Å². The van der Waals surface area contributed by atoms with E-state index in [2.05, 4.69) is 0 Å². The number of carbonyl (C=O) groups excluding carboxylic acids is 1. The maximum absolute atomic E-state index is 14.6. The van der Waals surface area contributed by atoms with E-state index in [4.69, 9.17) is 16.3 Å². The van der Waals surface area contributed by atoms with Gasteiger partial charge in [0.1, 0.15) is 11.4 Å². The highest BCUT2D eigenvalue weighted by Gasteiger charge is 2.49. The average Bonchev–Trinajstić information content (AvgIpc) is 3.48. The lowest BCUT2D eigenvalue weighted by molar-refractivity contribution is -0.158. The van der Waals surface area contributed by atoms with Crippen LogP contribution in [0.25, 0.3) is 16.7 Å². The molecule has 4 nitrogen and oxygen atoms in total. The van der Waals surface area contributed by atoms with Crippen LogP contribution in [0.4, 0.5) is 4.39 Å². The number of Topliss-reactive ketones (excluding diaryl/α,β-unsaturated/α-hetero) is 1. The minimum atomic E-state index is -1.20. The van der Waals surface area contributed by atoms with E-state index < -0.39 is 23.0 Å². The fraction of sp³-hybridized carbons (Fsp3) is 0.360. The molecular formula is C25H24ClFO4. The second kappa shape index (κ2) is 7.28. The number of carboxylic acid groups (broad SMARTS) is 1. The summed E-state index contributed by atoms with van der Waals surface area (Å²) in [6, 6.07) is 9.84. The number of ketones is 1. The molecule has 4 rings (SSSR count). The molecule has 0 atom stereocenters. The van der Waals surface area contributed by atoms with Gasteiger partial charge in [-0.2, -0.15) is 0 Å². The van der Waals surface area contributed by atoms with E-state index in [0.717, 1.165) is 18.4 Å². The van der Waals surface area contributed by atoms with Gasteiger partial charge in [-0.1, -0.05) is 23.7 Å². The molecule has 0 aromatic heterocycles. The lowest BCUT2D eigenvalue weighted by Crippen LogP contribution is -2.51. The summed E-state index contributed by atoms with van der Waals surface area (Å²) in [7, 11) is 0. The fourth-order valence-corrected chi connectivity index (χ4v) is 4.65. The monoisotopic (exact) mass is 442 g/mol. The van der Waals surface area contributed by atoms with Gasteiger partial charge in [0.25, 0.3) is 0 Å². The maximum atomic E-state index is 14.6. The zero-order valence-corrected chi connectivity index (χ0v) is 18.6. The molecule has 1 fully saturated rings. The van der Waals surface area contributed by atoms with Crippen LogP contribution in [0.15, 0.2) is 42.0 Å². The van der Waals surface area contributed by atoms with E-state index in [1.54, 1.807) is 45.9 Å². The minimum absolute atomic E-state index is 0.0764. The number of hydrogen-bond acceptors (Lipinski definition) is 3. The molecule has 1 aliphatic heterocycles. The highest BCUT2D eigenvalue weighted by molar-refractivity contribution is 6.31. The van der Waals surface area contributed by atoms with Crippen LogP contribution in [0.2, 0.25) is 5.02 Å². The van der Waals surface area contributed by atoms with Crippen LogP contribution in [0.3, 0.4) is 0 Å². The third-order valence-corrected chi connectivity index (χ3v) is 6.17. The molecule has 31 heavy (non-hydrogen) atoms. The van der Waals surface area contributed by atoms with Crippen molar-refractivity contribution in [1.29, 1.82) is 0 Å². The predicted octanol–water partition coefficient (Wildman–Crippen LogP) is 6.02. The number of carbonyl (C=O) groups is 2. The number of aliphatic carboxylic acids is 1. The van der Waals surface area contributed by atoms with Gasteiger partial charge in [-0.15, -0.1) is 0 Å². The quantitative estimate of drug-likeness (QED) is 0.629. The lowest BCUT2D eigenvalue weighted by atomic mass is 9.77. The molecule has 0 bridgehead atoms. The Bertz CT molecular complexity index is 1140. The van der Waals surface area contributed by atoms with Crippen molar-refractivity contribution in [2.75, 3.05) is 0 Å². The van der Waals surface area contributed by atoms with E-state index in [0.29, 0.717) is 16.7 Å². The zero-order valence-electron chi connectivity index (χ0n) is 17.9. The van der Waals surface area contributed by atoms with Crippen molar-refractivity contribution < 1.29 is 23.8 Å². The van der Waals surface area contributed by atoms with Gasteiger partial charge >= 0.3 is 5.97 Å². The first-order valence-corrected chi connectivity index (χ1v) is 10.6. The van der Waals surface area contributed by atoms with Crippen LogP contribution in [0.5, 0.6) is 0 Å². The highest BCUT2D eigenvalue weighted by atomic mass is 35.5. The van der Waals surface area contributed by atoms with E-state index in [9.17, 15) is 19.1 Å². The smallest absolute Gasteiger partial charge is 0.335 e. The summed E-state index contributed by atoms with van der Waals surface area (Å²) in [5, 5.41) is 10.3. The molecule has 0 unspecified atom stereocenters. The number of ether oxygens (including phenoxy) is 1. The summed E-state index contributed by atoms with van der Waals surface area (Å²) in [6.07, 6.45) is 1.93. The molecule has 2 aromatic carbocycles. The number of rotatable bonds is 4. The second-order valence-electron chi connectivity index (χ2n) is 9.21. The Labute approximate surface area is 185 Å². The van der Waals surface area contributed by atoms with Gasteiger partial charge in [-0.05, 0) is 87.4 Å². The normalized spacial score (nSPS) is 20.1. The van der Waals surface area contributed by atoms with Crippen LogP contribution in [-0.4, -0.2) is 28.1 Å². The van der Waals surface area contributed by atoms with Gasteiger partial charge in [0, 0.05) is 16.2 Å². The van der Waals surface area contributed by atoms with Gasteiger partial charge < -0.3 is 9.84 Å². The van der Waals surface area contributed by atoms with Crippen molar-refractivity contribution in [2.24, 2.45) is 0 Å². The molecule has 1 N–H and O–H groups in total. The maximum Gasteiger partial charge on any atom is 0.335 e. The molecule has 0 amide bonds. The number of hydrogen-bond donors (Lipinski definition) is 1. The summed E-state index contributed by atoms with van der Waals surface area (Å²) in [6.45, 7) is 6.61. The standard InChI is InChI=1S/C25H24ClFO4/c1-24(2)21(23(29)30)20(22(28)25(3,4)31-24)18-11-14(7-9-16(18)13-5-6-13)17-10-8-15(26)12-19(17)27/h7-13H,5-6H2,1-4H3,(H,29,30). The largest absolute Gasteiger partial charge is 0.478 e. The summed E-state index contributed by atoms with van der Waals surface area (Å²) >= 11 is 5.90. The van der Waals surface area contributed by atoms with Gasteiger partial charge in [0.2, 0.25) is 0 Å². The second-order valence-corrected chi connectivity index (χ2v) is 9.64. The molecule has 0 radical (unpaired) electrons. The van der Waals surface area contributed by atoms with Gasteiger partial charge in [-0.25, -0.2) is 9.18 Å². The number of benzene rings is 2. The third-order valence-electron chi connectivity index (χ3n) is 5.93. The molecule has 0 spiro atoms. The molecule has 1 saturated carbocycles. The lowest BCUT2D eigenvalue weighted by Gasteiger charge is -2.42. The average molecular weight is 443 g/mol. The molecule has 2 aromatic rings. The van der Waals surface area contributed by atoms with E-state index in [1.807, 2.05) is 12.1 Å². The van der Waals surface area contributed by atoms with Crippen LogP contribution in [0, 0.1) is 5.82 Å². The third kappa shape index (κ3) is 3.81. The van der Waals surface area contributed by atoms with E-state index in [1.165, 1.54) is 6.07 Å². The van der Waals surface area contributed by atoms with Crippen LogP contribution in [-0.2, 0) is 14.3 Å². The van der Waals surface area contributed by atoms with Crippen molar-refractivity contribution in [3.8, 4) is 11.1 Å². The zero-order chi connectivity index (χ0) is 22.7. The van der Waals surface area contributed by atoms with E-state index in [-0.39, 0.29) is 27.9 Å². The Kier molecular flexibility index (Phi) is 5.10.